The largest absolute Gasteiger partial charge is 0.500 e. The van der Waals surface area contributed by atoms with Crippen LogP contribution in [0.4, 0.5) is 0 Å². The molecule has 0 saturated heterocycles. The Bertz CT molecular complexity index is 169. The van der Waals surface area contributed by atoms with Gasteiger partial charge in [0.2, 0.25) is 0 Å². The van der Waals surface area contributed by atoms with Crippen LogP contribution in [-0.4, -0.2) is 42.4 Å². The van der Waals surface area contributed by atoms with E-state index in [9.17, 15) is 0 Å². The molecule has 0 fully saturated rings. The topological polar surface area (TPSA) is 40.0 Å². The molecule has 0 heterocycles. The zero-order chi connectivity index (χ0) is 11.0. The van der Waals surface area contributed by atoms with Crippen molar-refractivity contribution in [2.75, 3.05) is 27.9 Å². The highest BCUT2D eigenvalue weighted by Gasteiger charge is 2.36. The summed E-state index contributed by atoms with van der Waals surface area (Å²) in [6, 6.07) is 0.813. The average Bonchev–Trinajstić information content (AvgIpc) is 2.19. The van der Waals surface area contributed by atoms with Gasteiger partial charge in [0.1, 0.15) is 0 Å². The Balaban J connectivity index is 3.89. The lowest BCUT2D eigenvalue weighted by Gasteiger charge is -2.23. The van der Waals surface area contributed by atoms with E-state index in [0.717, 1.165) is 24.7 Å². The lowest BCUT2D eigenvalue weighted by Crippen LogP contribution is -2.42. The van der Waals surface area contributed by atoms with Crippen molar-refractivity contribution in [2.45, 2.75) is 26.3 Å². The summed E-state index contributed by atoms with van der Waals surface area (Å²) in [4.78, 5) is 4.30. The fourth-order valence-corrected chi connectivity index (χ4v) is 2.86. The fraction of sp³-hybridized carbons (Fsp3) is 0.889. The minimum absolute atomic E-state index is 0.813. The van der Waals surface area contributed by atoms with Gasteiger partial charge in [0.25, 0.3) is 0 Å². The SMILES string of the molecule is CO[Si](CCCN=C(C)C)(OC)OC. The molecule has 0 spiro atoms. The molecule has 0 bridgehead atoms. The van der Waals surface area contributed by atoms with Gasteiger partial charge in [-0.15, -0.1) is 0 Å². The molecule has 0 rings (SSSR count). The van der Waals surface area contributed by atoms with Crippen LogP contribution in [0, 0.1) is 0 Å². The molecule has 0 N–H and O–H groups in total. The Morgan fingerprint density at radius 2 is 1.57 bits per heavy atom. The van der Waals surface area contributed by atoms with Gasteiger partial charge in [0.15, 0.2) is 0 Å². The minimum atomic E-state index is -2.36. The Morgan fingerprint density at radius 1 is 1.07 bits per heavy atom. The predicted octanol–water partition coefficient (Wildman–Crippen LogP) is 1.74. The van der Waals surface area contributed by atoms with Crippen molar-refractivity contribution in [3.63, 3.8) is 0 Å². The summed E-state index contributed by atoms with van der Waals surface area (Å²) in [5.74, 6) is 0. The molecule has 0 radical (unpaired) electrons. The first-order chi connectivity index (χ1) is 6.60. The summed E-state index contributed by atoms with van der Waals surface area (Å²) in [5, 5.41) is 0. The Kier molecular flexibility index (Phi) is 6.99. The molecule has 0 aliphatic carbocycles. The highest BCUT2D eigenvalue weighted by molar-refractivity contribution is 6.60. The van der Waals surface area contributed by atoms with E-state index in [1.54, 1.807) is 21.3 Å². The predicted molar refractivity (Wildman–Crippen MR) is 59.9 cm³/mol. The van der Waals surface area contributed by atoms with E-state index in [2.05, 4.69) is 4.99 Å². The van der Waals surface area contributed by atoms with E-state index in [1.807, 2.05) is 13.8 Å². The van der Waals surface area contributed by atoms with Crippen LogP contribution in [0.5, 0.6) is 0 Å². The van der Waals surface area contributed by atoms with Crippen molar-refractivity contribution in [1.29, 1.82) is 0 Å². The second-order valence-corrected chi connectivity index (χ2v) is 6.32. The summed E-state index contributed by atoms with van der Waals surface area (Å²) in [6.45, 7) is 4.80. The molecule has 0 aromatic carbocycles. The van der Waals surface area contributed by atoms with Gasteiger partial charge in [0, 0.05) is 39.6 Å². The zero-order valence-corrected chi connectivity index (χ0v) is 10.8. The third-order valence-corrected chi connectivity index (χ3v) is 4.83. The number of nitrogens with zero attached hydrogens (tertiary/aromatic N) is 1. The van der Waals surface area contributed by atoms with Crippen LogP contribution in [0.3, 0.4) is 0 Å². The molecule has 5 heteroatoms. The lowest BCUT2D eigenvalue weighted by molar-refractivity contribution is 0.123. The van der Waals surface area contributed by atoms with E-state index >= 15 is 0 Å². The third kappa shape index (κ3) is 4.85. The fourth-order valence-electron chi connectivity index (χ4n) is 1.15. The minimum Gasteiger partial charge on any atom is -0.377 e. The molecule has 0 aromatic heterocycles. The Hall–Kier alpha value is -0.233. The molecule has 0 aliphatic heterocycles. The maximum absolute atomic E-state index is 5.29. The summed E-state index contributed by atoms with van der Waals surface area (Å²) in [7, 11) is 2.54. The number of rotatable bonds is 7. The number of aliphatic imine (C=N–C) groups is 1. The number of hydrogen-bond donors (Lipinski definition) is 0. The van der Waals surface area contributed by atoms with Crippen LogP contribution in [0.1, 0.15) is 20.3 Å². The van der Waals surface area contributed by atoms with E-state index in [-0.39, 0.29) is 0 Å². The molecule has 14 heavy (non-hydrogen) atoms. The van der Waals surface area contributed by atoms with Crippen molar-refractivity contribution < 1.29 is 13.3 Å². The molecule has 4 nitrogen and oxygen atoms in total. The first kappa shape index (κ1) is 13.8. The van der Waals surface area contributed by atoms with Crippen LogP contribution in [0.15, 0.2) is 4.99 Å². The molecule has 0 saturated carbocycles. The van der Waals surface area contributed by atoms with Crippen LogP contribution >= 0.6 is 0 Å². The third-order valence-electron chi connectivity index (χ3n) is 2.00. The second-order valence-electron chi connectivity index (χ2n) is 3.23. The van der Waals surface area contributed by atoms with Gasteiger partial charge in [-0.25, -0.2) is 0 Å². The van der Waals surface area contributed by atoms with Crippen LogP contribution in [0.25, 0.3) is 0 Å². The molecule has 0 amide bonds. The van der Waals surface area contributed by atoms with Gasteiger partial charge in [-0.1, -0.05) is 0 Å². The van der Waals surface area contributed by atoms with E-state index in [1.165, 1.54) is 0 Å². The first-order valence-corrected chi connectivity index (χ1v) is 6.66. The summed E-state index contributed by atoms with van der Waals surface area (Å²) in [5.41, 5.74) is 1.10. The average molecular weight is 219 g/mol. The Morgan fingerprint density at radius 3 is 1.93 bits per heavy atom. The van der Waals surface area contributed by atoms with E-state index in [0.29, 0.717) is 0 Å². The van der Waals surface area contributed by atoms with Gasteiger partial charge in [-0.2, -0.15) is 0 Å². The molecule has 0 aromatic rings. The summed E-state index contributed by atoms with van der Waals surface area (Å²) in [6.07, 6.45) is 0.937. The normalized spacial score (nSPS) is 11.5. The van der Waals surface area contributed by atoms with Crippen molar-refractivity contribution in [1.82, 2.24) is 0 Å². The lowest BCUT2D eigenvalue weighted by atomic mass is 10.4. The maximum Gasteiger partial charge on any atom is 0.500 e. The van der Waals surface area contributed by atoms with Crippen LogP contribution < -0.4 is 0 Å². The van der Waals surface area contributed by atoms with Crippen molar-refractivity contribution >= 4 is 14.5 Å². The summed E-state index contributed by atoms with van der Waals surface area (Å²) < 4.78 is 15.9. The van der Waals surface area contributed by atoms with E-state index < -0.39 is 8.80 Å². The number of hydrogen-bond acceptors (Lipinski definition) is 4. The van der Waals surface area contributed by atoms with Gasteiger partial charge >= 0.3 is 8.80 Å². The molecular weight excluding hydrogens is 198 g/mol. The summed E-state index contributed by atoms with van der Waals surface area (Å²) >= 11 is 0. The standard InChI is InChI=1S/C9H21NO3Si/c1-9(2)10-7-6-8-14(11-3,12-4)13-5/h6-8H2,1-5H3. The first-order valence-electron chi connectivity index (χ1n) is 4.73. The monoisotopic (exact) mass is 219 g/mol. The highest BCUT2D eigenvalue weighted by Crippen LogP contribution is 2.14. The van der Waals surface area contributed by atoms with Gasteiger partial charge in [-0.05, 0) is 20.3 Å². The highest BCUT2D eigenvalue weighted by atomic mass is 28.4. The van der Waals surface area contributed by atoms with Crippen molar-refractivity contribution in [3.05, 3.63) is 0 Å². The van der Waals surface area contributed by atoms with Crippen molar-refractivity contribution in [3.8, 4) is 0 Å². The van der Waals surface area contributed by atoms with Gasteiger partial charge < -0.3 is 13.3 Å². The molecule has 0 aliphatic rings. The van der Waals surface area contributed by atoms with Gasteiger partial charge in [0.05, 0.1) is 0 Å². The smallest absolute Gasteiger partial charge is 0.377 e. The zero-order valence-electron chi connectivity index (χ0n) is 9.79. The molecule has 84 valence electrons. The molecule has 0 unspecified atom stereocenters. The van der Waals surface area contributed by atoms with Gasteiger partial charge in [-0.3, -0.25) is 4.99 Å². The molecular formula is C9H21NO3Si. The second kappa shape index (κ2) is 7.11. The maximum atomic E-state index is 5.29. The Labute approximate surface area is 87.6 Å². The van der Waals surface area contributed by atoms with Crippen LogP contribution in [0.2, 0.25) is 6.04 Å². The van der Waals surface area contributed by atoms with E-state index in [4.69, 9.17) is 13.3 Å². The quantitative estimate of drug-likeness (QED) is 0.372. The molecule has 0 atom stereocenters. The van der Waals surface area contributed by atoms with Crippen LogP contribution in [-0.2, 0) is 13.3 Å². The van der Waals surface area contributed by atoms with Crippen molar-refractivity contribution in [2.24, 2.45) is 4.99 Å².